The predicted octanol–water partition coefficient (Wildman–Crippen LogP) is 2.53. The maximum Gasteiger partial charge on any atom is 0.277 e. The van der Waals surface area contributed by atoms with Crippen molar-refractivity contribution >= 4 is 34.9 Å². The number of nitriles is 1. The molecule has 13 heteroatoms. The minimum absolute atomic E-state index is 0.168. The Hall–Kier alpha value is -4.99. The molecule has 2 N–H and O–H groups in total. The number of aromatic nitrogens is 3. The fraction of sp³-hybridized carbons (Fsp3) is 0.433. The standard InChI is InChI=1S/C30H33N9O4/c31-18-23-27(33-10-9-32-23)39-15-13-37(14-16-39)25-7-6-21(28(41)34-8-2-12-38-11-1-3-26(38)40)17-22(25)35-29(42)24-19-43-30(36-24)20-4-5-20/h6-7,9-10,17,19-20H,1-5,8,11-16H2,(H,34,41)(H,35,42). The molecule has 13 nitrogen and oxygen atoms in total. The van der Waals surface area contributed by atoms with E-state index in [1.165, 1.54) is 12.5 Å². The molecule has 4 heterocycles. The van der Waals surface area contributed by atoms with Crippen molar-refractivity contribution in [1.29, 1.82) is 5.26 Å². The lowest BCUT2D eigenvalue weighted by Gasteiger charge is -2.37. The quantitative estimate of drug-likeness (QED) is 0.339. The zero-order valence-corrected chi connectivity index (χ0v) is 23.8. The maximum absolute atomic E-state index is 13.2. The van der Waals surface area contributed by atoms with Gasteiger partial charge in [-0.1, -0.05) is 0 Å². The summed E-state index contributed by atoms with van der Waals surface area (Å²) < 4.78 is 5.52. The van der Waals surface area contributed by atoms with Crippen LogP contribution in [0.15, 0.2) is 41.3 Å². The van der Waals surface area contributed by atoms with Crippen LogP contribution in [-0.2, 0) is 4.79 Å². The minimum Gasteiger partial charge on any atom is -0.448 e. The Bertz CT molecular complexity index is 1550. The van der Waals surface area contributed by atoms with E-state index in [0.29, 0.717) is 75.1 Å². The van der Waals surface area contributed by atoms with E-state index in [2.05, 4.69) is 36.6 Å². The molecule has 1 saturated carbocycles. The minimum atomic E-state index is -0.415. The molecule has 6 rings (SSSR count). The molecular formula is C30H33N9O4. The molecular weight excluding hydrogens is 550 g/mol. The van der Waals surface area contributed by atoms with Crippen molar-refractivity contribution < 1.29 is 18.8 Å². The van der Waals surface area contributed by atoms with Crippen molar-refractivity contribution in [1.82, 2.24) is 25.2 Å². The van der Waals surface area contributed by atoms with Gasteiger partial charge in [0.15, 0.2) is 23.1 Å². The lowest BCUT2D eigenvalue weighted by Crippen LogP contribution is -2.47. The highest BCUT2D eigenvalue weighted by atomic mass is 16.3. The number of benzene rings is 1. The van der Waals surface area contributed by atoms with Crippen molar-refractivity contribution in [2.75, 3.05) is 60.9 Å². The van der Waals surface area contributed by atoms with Gasteiger partial charge in [0.05, 0.1) is 11.4 Å². The van der Waals surface area contributed by atoms with Crippen LogP contribution < -0.4 is 20.4 Å². The fourth-order valence-corrected chi connectivity index (χ4v) is 5.46. The highest BCUT2D eigenvalue weighted by Gasteiger charge is 2.30. The van der Waals surface area contributed by atoms with Gasteiger partial charge in [0.2, 0.25) is 5.91 Å². The summed E-state index contributed by atoms with van der Waals surface area (Å²) in [6, 6.07) is 7.36. The number of nitrogens with one attached hydrogen (secondary N) is 2. The van der Waals surface area contributed by atoms with Gasteiger partial charge in [-0.3, -0.25) is 14.4 Å². The van der Waals surface area contributed by atoms with Gasteiger partial charge in [-0.2, -0.15) is 5.26 Å². The third kappa shape index (κ3) is 6.43. The molecule has 1 aromatic carbocycles. The molecule has 3 amide bonds. The fourth-order valence-electron chi connectivity index (χ4n) is 5.46. The second-order valence-corrected chi connectivity index (χ2v) is 10.9. The van der Waals surface area contributed by atoms with Crippen LogP contribution in [0, 0.1) is 11.3 Å². The monoisotopic (exact) mass is 583 g/mol. The van der Waals surface area contributed by atoms with Gasteiger partial charge in [-0.05, 0) is 43.9 Å². The first kappa shape index (κ1) is 28.1. The zero-order chi connectivity index (χ0) is 29.8. The van der Waals surface area contributed by atoms with Gasteiger partial charge < -0.3 is 29.8 Å². The SMILES string of the molecule is N#Cc1nccnc1N1CCN(c2ccc(C(=O)NCCCN3CCCC3=O)cc2NC(=O)c2coc(C3CC3)n2)CC1. The van der Waals surface area contributed by atoms with Crippen LogP contribution in [0.4, 0.5) is 17.2 Å². The highest BCUT2D eigenvalue weighted by Crippen LogP contribution is 2.39. The Labute approximate surface area is 248 Å². The smallest absolute Gasteiger partial charge is 0.277 e. The van der Waals surface area contributed by atoms with Crippen LogP contribution in [0.1, 0.15) is 70.5 Å². The zero-order valence-electron chi connectivity index (χ0n) is 23.8. The first-order valence-electron chi connectivity index (χ1n) is 14.7. The van der Waals surface area contributed by atoms with E-state index in [4.69, 9.17) is 4.42 Å². The topological polar surface area (TPSA) is 161 Å². The summed E-state index contributed by atoms with van der Waals surface area (Å²) in [4.78, 5) is 56.9. The number of hydrogen-bond acceptors (Lipinski definition) is 10. The lowest BCUT2D eigenvalue weighted by atomic mass is 10.1. The molecule has 43 heavy (non-hydrogen) atoms. The van der Waals surface area contributed by atoms with Crippen molar-refractivity contribution in [3.63, 3.8) is 0 Å². The molecule has 3 aromatic rings. The van der Waals surface area contributed by atoms with E-state index in [9.17, 15) is 19.6 Å². The Balaban J connectivity index is 1.16. The molecule has 3 fully saturated rings. The normalized spacial score (nSPS) is 16.7. The Kier molecular flexibility index (Phi) is 8.17. The number of nitrogens with zero attached hydrogens (tertiary/aromatic N) is 7. The van der Waals surface area contributed by atoms with Gasteiger partial charge >= 0.3 is 0 Å². The van der Waals surface area contributed by atoms with Crippen LogP contribution in [0.25, 0.3) is 0 Å². The van der Waals surface area contributed by atoms with Gasteiger partial charge in [-0.25, -0.2) is 15.0 Å². The Morgan fingerprint density at radius 1 is 1.05 bits per heavy atom. The largest absolute Gasteiger partial charge is 0.448 e. The van der Waals surface area contributed by atoms with E-state index in [-0.39, 0.29) is 29.1 Å². The number of amides is 3. The lowest BCUT2D eigenvalue weighted by molar-refractivity contribution is -0.127. The summed E-state index contributed by atoms with van der Waals surface area (Å²) in [5, 5.41) is 15.3. The maximum atomic E-state index is 13.2. The number of carbonyl (C=O) groups excluding carboxylic acids is 3. The van der Waals surface area contributed by atoms with Gasteiger partial charge in [0.1, 0.15) is 12.3 Å². The first-order chi connectivity index (χ1) is 21.0. The second-order valence-electron chi connectivity index (χ2n) is 10.9. The van der Waals surface area contributed by atoms with E-state index in [0.717, 1.165) is 31.5 Å². The summed E-state index contributed by atoms with van der Waals surface area (Å²) in [6.07, 6.45) is 8.61. The molecule has 0 unspecified atom stereocenters. The van der Waals surface area contributed by atoms with E-state index in [1.54, 1.807) is 18.3 Å². The number of piperazine rings is 1. The van der Waals surface area contributed by atoms with Crippen LogP contribution in [-0.4, -0.2) is 83.4 Å². The molecule has 3 aliphatic rings. The summed E-state index contributed by atoms with van der Waals surface area (Å²) >= 11 is 0. The van der Waals surface area contributed by atoms with E-state index >= 15 is 0 Å². The summed E-state index contributed by atoms with van der Waals surface area (Å²) in [5.74, 6) is 0.898. The number of anilines is 3. The van der Waals surface area contributed by atoms with Crippen LogP contribution in [0.2, 0.25) is 0 Å². The number of oxazole rings is 1. The molecule has 1 aliphatic carbocycles. The summed E-state index contributed by atoms with van der Waals surface area (Å²) in [7, 11) is 0. The number of carbonyl (C=O) groups is 3. The second kappa shape index (κ2) is 12.5. The average Bonchev–Trinajstić information content (AvgIpc) is 3.62. The predicted molar refractivity (Wildman–Crippen MR) is 157 cm³/mol. The van der Waals surface area contributed by atoms with Gasteiger partial charge in [-0.15, -0.1) is 0 Å². The van der Waals surface area contributed by atoms with Crippen molar-refractivity contribution in [2.24, 2.45) is 0 Å². The molecule has 2 aliphatic heterocycles. The van der Waals surface area contributed by atoms with Crippen molar-refractivity contribution in [3.05, 3.63) is 59.7 Å². The molecule has 0 radical (unpaired) electrons. The van der Waals surface area contributed by atoms with Crippen molar-refractivity contribution in [2.45, 2.75) is 38.0 Å². The number of likely N-dealkylation sites (tertiary alicyclic amines) is 1. The van der Waals surface area contributed by atoms with Crippen LogP contribution >= 0.6 is 0 Å². The van der Waals surface area contributed by atoms with Crippen LogP contribution in [0.5, 0.6) is 0 Å². The Morgan fingerprint density at radius 2 is 1.84 bits per heavy atom. The van der Waals surface area contributed by atoms with Crippen LogP contribution in [0.3, 0.4) is 0 Å². The molecule has 222 valence electrons. The molecule has 0 atom stereocenters. The van der Waals surface area contributed by atoms with E-state index in [1.807, 2.05) is 15.9 Å². The number of rotatable bonds is 10. The third-order valence-electron chi connectivity index (χ3n) is 7.95. The van der Waals surface area contributed by atoms with E-state index < -0.39 is 5.91 Å². The highest BCUT2D eigenvalue weighted by molar-refractivity contribution is 6.06. The molecule has 2 saturated heterocycles. The molecule has 0 bridgehead atoms. The van der Waals surface area contributed by atoms with Crippen molar-refractivity contribution in [3.8, 4) is 6.07 Å². The molecule has 0 spiro atoms. The first-order valence-corrected chi connectivity index (χ1v) is 14.7. The number of hydrogen-bond donors (Lipinski definition) is 2. The summed E-state index contributed by atoms with van der Waals surface area (Å²) in [6.45, 7) is 4.21. The average molecular weight is 584 g/mol. The van der Waals surface area contributed by atoms with Gasteiger partial charge in [0.25, 0.3) is 11.8 Å². The summed E-state index contributed by atoms with van der Waals surface area (Å²) in [5.41, 5.74) is 2.14. The van der Waals surface area contributed by atoms with Gasteiger partial charge in [0, 0.05) is 76.1 Å². The third-order valence-corrected chi connectivity index (χ3v) is 7.95. The molecule has 2 aromatic heterocycles. The Morgan fingerprint density at radius 3 is 2.58 bits per heavy atom.